The third kappa shape index (κ3) is 3.18. The number of hydrogen-bond acceptors (Lipinski definition) is 4. The molecule has 4 rings (SSSR count). The quantitative estimate of drug-likeness (QED) is 0.728. The normalized spacial score (nSPS) is 14.8. The van der Waals surface area contributed by atoms with E-state index in [1.54, 1.807) is 28.9 Å². The minimum atomic E-state index is -0.994. The lowest BCUT2D eigenvalue weighted by molar-refractivity contribution is 0.0696. The van der Waals surface area contributed by atoms with Crippen LogP contribution in [-0.2, 0) is 0 Å². The third-order valence-electron chi connectivity index (χ3n) is 4.37. The van der Waals surface area contributed by atoms with Crippen LogP contribution in [0.2, 0.25) is 0 Å². The first-order valence-corrected chi connectivity index (χ1v) is 8.64. The summed E-state index contributed by atoms with van der Waals surface area (Å²) in [6.07, 6.45) is 1.76. The molecular weight excluding hydrogens is 330 g/mol. The molecule has 132 valence electrons. The maximum atomic E-state index is 11.6. The number of carboxylic acid groups (broad SMARTS) is 1. The molecule has 0 aliphatic heterocycles. The molecule has 0 radical (unpaired) electrons. The predicted molar refractivity (Wildman–Crippen MR) is 95.8 cm³/mol. The van der Waals surface area contributed by atoms with Crippen molar-refractivity contribution in [2.24, 2.45) is 0 Å². The van der Waals surface area contributed by atoms with Crippen LogP contribution in [0.1, 0.15) is 53.8 Å². The minimum absolute atomic E-state index is 0.188. The minimum Gasteiger partial charge on any atom is -0.483 e. The highest BCUT2D eigenvalue weighted by Crippen LogP contribution is 2.39. The molecule has 0 amide bonds. The first-order chi connectivity index (χ1) is 12.6. The summed E-state index contributed by atoms with van der Waals surface area (Å²) < 4.78 is 7.62. The van der Waals surface area contributed by atoms with Crippen LogP contribution in [-0.4, -0.2) is 25.8 Å². The summed E-state index contributed by atoms with van der Waals surface area (Å²) in [4.78, 5) is 16.3. The molecule has 1 aliphatic rings. The molecule has 1 aromatic heterocycles. The number of nitrogens with zero attached hydrogens (tertiary/aromatic N) is 3. The molecule has 0 bridgehead atoms. The number of aromatic nitrogens is 3. The second-order valence-electron chi connectivity index (χ2n) is 6.41. The first-order valence-electron chi connectivity index (χ1n) is 8.64. The Bertz CT molecular complexity index is 932. The Morgan fingerprint density at radius 2 is 1.85 bits per heavy atom. The van der Waals surface area contributed by atoms with Crippen LogP contribution in [0.3, 0.4) is 0 Å². The van der Waals surface area contributed by atoms with Gasteiger partial charge in [0.2, 0.25) is 0 Å². The Morgan fingerprint density at radius 3 is 2.54 bits per heavy atom. The number of benzene rings is 2. The van der Waals surface area contributed by atoms with Gasteiger partial charge in [0.15, 0.2) is 17.8 Å². The Labute approximate surface area is 151 Å². The lowest BCUT2D eigenvalue weighted by Gasteiger charge is -2.16. The van der Waals surface area contributed by atoms with E-state index in [0.717, 1.165) is 24.4 Å². The van der Waals surface area contributed by atoms with Crippen LogP contribution in [0.5, 0.6) is 5.75 Å². The monoisotopic (exact) mass is 349 g/mol. The lowest BCUT2D eigenvalue weighted by atomic mass is 10.2. The van der Waals surface area contributed by atoms with E-state index in [0.29, 0.717) is 17.4 Å². The van der Waals surface area contributed by atoms with Gasteiger partial charge in [-0.3, -0.25) is 0 Å². The number of para-hydroxylation sites is 2. The molecule has 6 nitrogen and oxygen atoms in total. The zero-order valence-electron chi connectivity index (χ0n) is 14.4. The maximum Gasteiger partial charge on any atom is 0.337 e. The van der Waals surface area contributed by atoms with E-state index in [2.05, 4.69) is 10.1 Å². The Morgan fingerprint density at radius 1 is 1.15 bits per heavy atom. The molecule has 3 aromatic rings. The Balaban J connectivity index is 1.76. The Hall–Kier alpha value is -3.15. The van der Waals surface area contributed by atoms with Crippen LogP contribution in [0.4, 0.5) is 0 Å². The van der Waals surface area contributed by atoms with Crippen molar-refractivity contribution in [2.45, 2.75) is 31.8 Å². The second kappa shape index (κ2) is 6.63. The van der Waals surface area contributed by atoms with Crippen molar-refractivity contribution in [1.82, 2.24) is 14.8 Å². The van der Waals surface area contributed by atoms with Crippen molar-refractivity contribution >= 4 is 5.97 Å². The molecule has 1 heterocycles. The van der Waals surface area contributed by atoms with Crippen LogP contribution in [0, 0.1) is 0 Å². The summed E-state index contributed by atoms with van der Waals surface area (Å²) in [6.45, 7) is 1.90. The van der Waals surface area contributed by atoms with Crippen molar-refractivity contribution in [3.63, 3.8) is 0 Å². The molecule has 1 aliphatic carbocycles. The average molecular weight is 349 g/mol. The lowest BCUT2D eigenvalue weighted by Crippen LogP contribution is -2.14. The van der Waals surface area contributed by atoms with E-state index in [9.17, 15) is 9.90 Å². The van der Waals surface area contributed by atoms with Gasteiger partial charge in [-0.25, -0.2) is 14.5 Å². The van der Waals surface area contributed by atoms with E-state index in [4.69, 9.17) is 4.74 Å². The largest absolute Gasteiger partial charge is 0.483 e. The summed E-state index contributed by atoms with van der Waals surface area (Å²) >= 11 is 0. The van der Waals surface area contributed by atoms with Gasteiger partial charge < -0.3 is 9.84 Å². The van der Waals surface area contributed by atoms with E-state index in [1.807, 2.05) is 37.3 Å². The summed E-state index contributed by atoms with van der Waals surface area (Å²) in [6, 6.07) is 16.3. The van der Waals surface area contributed by atoms with Gasteiger partial charge in [-0.15, -0.1) is 0 Å². The van der Waals surface area contributed by atoms with Gasteiger partial charge in [0, 0.05) is 5.92 Å². The molecule has 0 unspecified atom stereocenters. The van der Waals surface area contributed by atoms with E-state index in [1.165, 1.54) is 0 Å². The zero-order chi connectivity index (χ0) is 18.1. The molecule has 1 N–H and O–H groups in total. The smallest absolute Gasteiger partial charge is 0.337 e. The fourth-order valence-electron chi connectivity index (χ4n) is 2.89. The van der Waals surface area contributed by atoms with Crippen molar-refractivity contribution < 1.29 is 14.6 Å². The highest BCUT2D eigenvalue weighted by molar-refractivity contribution is 5.91. The van der Waals surface area contributed by atoms with Crippen LogP contribution in [0.15, 0.2) is 54.6 Å². The highest BCUT2D eigenvalue weighted by atomic mass is 16.5. The van der Waals surface area contributed by atoms with Crippen molar-refractivity contribution in [3.8, 4) is 11.4 Å². The van der Waals surface area contributed by atoms with Crippen LogP contribution < -0.4 is 4.74 Å². The summed E-state index contributed by atoms with van der Waals surface area (Å²) in [5.41, 5.74) is 0.686. The SMILES string of the molecule is C[C@H](Oc1ccccc1)c1nc(C2CC2)nn1-c1ccccc1C(=O)O. The summed E-state index contributed by atoms with van der Waals surface area (Å²) in [5, 5.41) is 14.1. The van der Waals surface area contributed by atoms with Gasteiger partial charge in [0.25, 0.3) is 0 Å². The van der Waals surface area contributed by atoms with Crippen molar-refractivity contribution in [1.29, 1.82) is 0 Å². The van der Waals surface area contributed by atoms with E-state index in [-0.39, 0.29) is 11.7 Å². The molecule has 0 saturated heterocycles. The highest BCUT2D eigenvalue weighted by Gasteiger charge is 2.31. The molecule has 1 saturated carbocycles. The van der Waals surface area contributed by atoms with E-state index < -0.39 is 5.97 Å². The van der Waals surface area contributed by atoms with Crippen molar-refractivity contribution in [3.05, 3.63) is 71.8 Å². The van der Waals surface area contributed by atoms with Gasteiger partial charge in [0.05, 0.1) is 11.3 Å². The standard InChI is InChI=1S/C20H19N3O3/c1-13(26-15-7-3-2-4-8-15)19-21-18(14-11-12-14)22-23(19)17-10-6-5-9-16(17)20(24)25/h2-10,13-14H,11-12H2,1H3,(H,24,25)/t13-/m0/s1. The molecule has 2 aromatic carbocycles. The Kier molecular flexibility index (Phi) is 4.16. The van der Waals surface area contributed by atoms with Crippen LogP contribution >= 0.6 is 0 Å². The number of ether oxygens (including phenoxy) is 1. The molecule has 1 fully saturated rings. The van der Waals surface area contributed by atoms with Crippen LogP contribution in [0.25, 0.3) is 5.69 Å². The topological polar surface area (TPSA) is 77.2 Å². The molecule has 26 heavy (non-hydrogen) atoms. The van der Waals surface area contributed by atoms with Gasteiger partial charge in [-0.05, 0) is 44.0 Å². The van der Waals surface area contributed by atoms with Gasteiger partial charge in [-0.2, -0.15) is 5.10 Å². The first kappa shape index (κ1) is 16.3. The van der Waals surface area contributed by atoms with E-state index >= 15 is 0 Å². The molecule has 0 spiro atoms. The molecular formula is C20H19N3O3. The fourth-order valence-corrected chi connectivity index (χ4v) is 2.89. The van der Waals surface area contributed by atoms with Gasteiger partial charge in [-0.1, -0.05) is 30.3 Å². The number of rotatable bonds is 6. The second-order valence-corrected chi connectivity index (χ2v) is 6.41. The predicted octanol–water partition coefficient (Wildman–Crippen LogP) is 3.98. The van der Waals surface area contributed by atoms with Gasteiger partial charge >= 0.3 is 5.97 Å². The summed E-state index contributed by atoms with van der Waals surface area (Å²) in [7, 11) is 0. The zero-order valence-corrected chi connectivity index (χ0v) is 14.4. The summed E-state index contributed by atoms with van der Waals surface area (Å²) in [5.74, 6) is 1.45. The third-order valence-corrected chi connectivity index (χ3v) is 4.37. The maximum absolute atomic E-state index is 11.6. The fraction of sp³-hybridized carbons (Fsp3) is 0.250. The van der Waals surface area contributed by atoms with Gasteiger partial charge in [0.1, 0.15) is 5.75 Å². The number of aromatic carboxylic acids is 1. The molecule has 6 heteroatoms. The molecule has 1 atom stereocenters. The number of hydrogen-bond donors (Lipinski definition) is 1. The number of carboxylic acids is 1. The average Bonchev–Trinajstić information content (AvgIpc) is 3.41. The van der Waals surface area contributed by atoms with Crippen molar-refractivity contribution in [2.75, 3.05) is 0 Å². The number of carbonyl (C=O) groups is 1.